The Kier molecular flexibility index (Phi) is 7.71. The van der Waals surface area contributed by atoms with Crippen molar-refractivity contribution in [2.75, 3.05) is 0 Å². The zero-order chi connectivity index (χ0) is 21.7. The van der Waals surface area contributed by atoms with E-state index >= 15 is 0 Å². The highest BCUT2D eigenvalue weighted by atomic mass is 16.2. The summed E-state index contributed by atoms with van der Waals surface area (Å²) in [5.41, 5.74) is -0.567. The van der Waals surface area contributed by atoms with Gasteiger partial charge in [0.15, 0.2) is 0 Å². The molecular weight excluding hydrogens is 388 g/mol. The average Bonchev–Trinajstić information content (AvgIpc) is 3.08. The summed E-state index contributed by atoms with van der Waals surface area (Å²) in [6.45, 7) is 0. The summed E-state index contributed by atoms with van der Waals surface area (Å²) in [6, 6.07) is -0.309. The van der Waals surface area contributed by atoms with Gasteiger partial charge in [0.1, 0.15) is 11.3 Å². The first-order valence-electron chi connectivity index (χ1n) is 13.2. The van der Waals surface area contributed by atoms with Crippen LogP contribution in [0.4, 0.5) is 4.79 Å². The van der Waals surface area contributed by atoms with Crippen LogP contribution in [0.15, 0.2) is 0 Å². The first kappa shape index (κ1) is 22.8. The molecule has 5 rings (SSSR count). The van der Waals surface area contributed by atoms with E-state index in [0.717, 1.165) is 62.2 Å². The van der Waals surface area contributed by atoms with Gasteiger partial charge in [-0.05, 0) is 62.2 Å². The number of imide groups is 1. The van der Waals surface area contributed by atoms with E-state index in [1.807, 2.05) is 0 Å². The van der Waals surface area contributed by atoms with Crippen LogP contribution in [0.1, 0.15) is 116 Å². The highest BCUT2D eigenvalue weighted by molar-refractivity contribution is 6.07. The van der Waals surface area contributed by atoms with E-state index in [1.54, 1.807) is 0 Å². The van der Waals surface area contributed by atoms with Gasteiger partial charge in [-0.15, -0.1) is 0 Å². The van der Waals surface area contributed by atoms with Crippen LogP contribution in [0.25, 0.3) is 0 Å². The molecule has 1 spiro atoms. The molecule has 1 aliphatic heterocycles. The molecule has 4 aliphatic carbocycles. The van der Waals surface area contributed by atoms with Crippen molar-refractivity contribution in [1.29, 1.82) is 0 Å². The molecule has 2 N–H and O–H groups in total. The van der Waals surface area contributed by atoms with Crippen molar-refractivity contribution in [1.82, 2.24) is 10.6 Å². The maximum atomic E-state index is 11.9. The topological polar surface area (TPSA) is 75.3 Å². The van der Waals surface area contributed by atoms with Crippen molar-refractivity contribution >= 4 is 17.7 Å². The Labute approximate surface area is 187 Å². The third kappa shape index (κ3) is 5.70. The van der Waals surface area contributed by atoms with Crippen molar-refractivity contribution in [3.05, 3.63) is 0 Å². The summed E-state index contributed by atoms with van der Waals surface area (Å²) < 4.78 is 0. The average molecular weight is 431 g/mol. The van der Waals surface area contributed by atoms with E-state index in [9.17, 15) is 14.4 Å². The minimum absolute atomic E-state index is 0.102. The predicted octanol–water partition coefficient (Wildman–Crippen LogP) is 5.66. The zero-order valence-electron chi connectivity index (χ0n) is 19.3. The SMILES string of the molecule is O=C1CCC(C2CCCCC2)CC1.O=C1NC(=O)C2(CCC(C3CCCCC3)CC2)N1. The van der Waals surface area contributed by atoms with Gasteiger partial charge in [-0.3, -0.25) is 14.9 Å². The Morgan fingerprint density at radius 1 is 0.581 bits per heavy atom. The van der Waals surface area contributed by atoms with Gasteiger partial charge in [0.05, 0.1) is 0 Å². The number of amides is 3. The summed E-state index contributed by atoms with van der Waals surface area (Å²) in [7, 11) is 0. The van der Waals surface area contributed by atoms with E-state index in [0.29, 0.717) is 5.78 Å². The van der Waals surface area contributed by atoms with Crippen LogP contribution >= 0.6 is 0 Å². The standard InChI is InChI=1S/C14H22N2O2.C12H20O/c17-12-14(16-13(18)15-12)8-6-11(7-9-14)10-4-2-1-3-5-10;13-12-8-6-11(7-9-12)10-4-2-1-3-5-10/h10-11H,1-9H2,(H2,15,16,17,18);10-11H,1-9H2. The van der Waals surface area contributed by atoms with Crippen LogP contribution < -0.4 is 10.6 Å². The van der Waals surface area contributed by atoms with Crippen LogP contribution in [-0.4, -0.2) is 23.3 Å². The molecule has 3 amide bonds. The monoisotopic (exact) mass is 430 g/mol. The van der Waals surface area contributed by atoms with E-state index in [-0.39, 0.29) is 11.9 Å². The van der Waals surface area contributed by atoms with Crippen LogP contribution in [-0.2, 0) is 9.59 Å². The first-order chi connectivity index (χ1) is 15.1. The van der Waals surface area contributed by atoms with E-state index in [4.69, 9.17) is 0 Å². The molecule has 5 nitrogen and oxygen atoms in total. The summed E-state index contributed by atoms with van der Waals surface area (Å²) in [4.78, 5) is 34.2. The minimum Gasteiger partial charge on any atom is -0.323 e. The van der Waals surface area contributed by atoms with Gasteiger partial charge >= 0.3 is 6.03 Å². The first-order valence-corrected chi connectivity index (χ1v) is 13.2. The Morgan fingerprint density at radius 3 is 1.48 bits per heavy atom. The lowest BCUT2D eigenvalue weighted by atomic mass is 9.68. The Balaban J connectivity index is 0.000000158. The van der Waals surface area contributed by atoms with Gasteiger partial charge in [-0.2, -0.15) is 0 Å². The van der Waals surface area contributed by atoms with E-state index < -0.39 is 5.54 Å². The Hall–Kier alpha value is -1.39. The fraction of sp³-hybridized carbons (Fsp3) is 0.885. The van der Waals surface area contributed by atoms with Crippen molar-refractivity contribution in [2.45, 2.75) is 121 Å². The Bertz CT molecular complexity index is 631. The van der Waals surface area contributed by atoms with E-state index in [2.05, 4.69) is 10.6 Å². The van der Waals surface area contributed by atoms with Crippen LogP contribution in [0.5, 0.6) is 0 Å². The third-order valence-electron chi connectivity index (χ3n) is 9.12. The number of hydrogen-bond acceptors (Lipinski definition) is 3. The fourth-order valence-corrected chi connectivity index (χ4v) is 7.13. The number of Topliss-reactive ketones (excluding diaryl/α,β-unsaturated/α-hetero) is 1. The van der Waals surface area contributed by atoms with Crippen molar-refractivity contribution in [3.8, 4) is 0 Å². The van der Waals surface area contributed by atoms with Gasteiger partial charge in [0.2, 0.25) is 0 Å². The lowest BCUT2D eigenvalue weighted by Crippen LogP contribution is -2.50. The molecule has 0 aromatic rings. The van der Waals surface area contributed by atoms with Crippen LogP contribution in [0.2, 0.25) is 0 Å². The number of ketones is 1. The maximum absolute atomic E-state index is 11.9. The molecule has 0 aromatic carbocycles. The second kappa shape index (κ2) is 10.5. The van der Waals surface area contributed by atoms with Gasteiger partial charge in [0.25, 0.3) is 5.91 Å². The van der Waals surface area contributed by atoms with E-state index in [1.165, 1.54) is 77.0 Å². The molecule has 5 aliphatic rings. The second-order valence-electron chi connectivity index (χ2n) is 11.0. The van der Waals surface area contributed by atoms with Gasteiger partial charge in [-0.25, -0.2) is 4.79 Å². The molecule has 1 heterocycles. The molecule has 0 unspecified atom stereocenters. The quantitative estimate of drug-likeness (QED) is 0.555. The highest BCUT2D eigenvalue weighted by Gasteiger charge is 2.48. The fourth-order valence-electron chi connectivity index (χ4n) is 7.13. The summed E-state index contributed by atoms with van der Waals surface area (Å²) in [6.07, 6.45) is 22.1. The largest absolute Gasteiger partial charge is 0.323 e. The molecule has 4 saturated carbocycles. The zero-order valence-corrected chi connectivity index (χ0v) is 19.3. The van der Waals surface area contributed by atoms with Gasteiger partial charge in [-0.1, -0.05) is 64.2 Å². The number of carbonyl (C=O) groups is 3. The second-order valence-corrected chi connectivity index (χ2v) is 11.0. The lowest BCUT2D eigenvalue weighted by molar-refractivity contribution is -0.125. The third-order valence-corrected chi connectivity index (χ3v) is 9.12. The number of hydrogen-bond donors (Lipinski definition) is 2. The number of rotatable bonds is 2. The molecule has 0 aromatic heterocycles. The molecule has 174 valence electrons. The maximum Gasteiger partial charge on any atom is 0.322 e. The molecular formula is C26H42N2O3. The Morgan fingerprint density at radius 2 is 1.03 bits per heavy atom. The van der Waals surface area contributed by atoms with Crippen LogP contribution in [0, 0.1) is 23.7 Å². The molecule has 5 fully saturated rings. The van der Waals surface area contributed by atoms with Crippen molar-refractivity contribution in [3.63, 3.8) is 0 Å². The predicted molar refractivity (Wildman–Crippen MR) is 121 cm³/mol. The molecule has 0 radical (unpaired) electrons. The van der Waals surface area contributed by atoms with Crippen LogP contribution in [0.3, 0.4) is 0 Å². The minimum atomic E-state index is -0.567. The van der Waals surface area contributed by atoms with Crippen molar-refractivity contribution < 1.29 is 14.4 Å². The number of carbonyl (C=O) groups excluding carboxylic acids is 3. The molecule has 0 atom stereocenters. The highest BCUT2D eigenvalue weighted by Crippen LogP contribution is 2.42. The van der Waals surface area contributed by atoms with Crippen molar-refractivity contribution in [2.24, 2.45) is 23.7 Å². The molecule has 31 heavy (non-hydrogen) atoms. The summed E-state index contributed by atoms with van der Waals surface area (Å²) in [5.74, 6) is 3.93. The number of nitrogens with one attached hydrogen (secondary N) is 2. The van der Waals surface area contributed by atoms with Gasteiger partial charge in [0, 0.05) is 12.8 Å². The summed E-state index contributed by atoms with van der Waals surface area (Å²) in [5, 5.41) is 5.23. The normalized spacial score (nSPS) is 33.5. The van der Waals surface area contributed by atoms with Gasteiger partial charge < -0.3 is 5.32 Å². The number of urea groups is 1. The molecule has 0 bridgehead atoms. The molecule has 1 saturated heterocycles. The smallest absolute Gasteiger partial charge is 0.322 e. The lowest BCUT2D eigenvalue weighted by Gasteiger charge is -2.39. The summed E-state index contributed by atoms with van der Waals surface area (Å²) >= 11 is 0. The molecule has 5 heteroatoms.